The Morgan fingerprint density at radius 1 is 1.07 bits per heavy atom. The first-order valence-corrected chi connectivity index (χ1v) is 11.3. The maximum atomic E-state index is 13.3. The summed E-state index contributed by atoms with van der Waals surface area (Å²) >= 11 is 1.33. The summed E-state index contributed by atoms with van der Waals surface area (Å²) in [5.74, 6) is 0. The molecule has 2 aromatic carbocycles. The van der Waals surface area contributed by atoms with Crippen molar-refractivity contribution in [2.75, 3.05) is 26.2 Å². The van der Waals surface area contributed by atoms with E-state index in [9.17, 15) is 18.5 Å². The number of non-ortho nitro benzene ring substituents is 1. The highest BCUT2D eigenvalue weighted by Gasteiger charge is 2.29. The molecule has 0 bridgehead atoms. The van der Waals surface area contributed by atoms with Gasteiger partial charge in [0.15, 0.2) is 0 Å². The molecule has 0 unspecified atom stereocenters. The monoisotopic (exact) mass is 421 g/mol. The molecule has 1 aliphatic rings. The van der Waals surface area contributed by atoms with Crippen molar-refractivity contribution in [1.82, 2.24) is 9.62 Å². The molecule has 0 radical (unpaired) electrons. The van der Waals surface area contributed by atoms with Crippen LogP contribution in [0.25, 0.3) is 0 Å². The molecule has 28 heavy (non-hydrogen) atoms. The second kappa shape index (κ2) is 8.60. The van der Waals surface area contributed by atoms with E-state index in [-0.39, 0.29) is 10.6 Å². The number of benzene rings is 2. The van der Waals surface area contributed by atoms with Gasteiger partial charge < -0.3 is 5.32 Å². The molecule has 2 aromatic rings. The molecule has 0 aromatic heterocycles. The van der Waals surface area contributed by atoms with Crippen LogP contribution in [0.3, 0.4) is 0 Å². The van der Waals surface area contributed by atoms with E-state index >= 15 is 0 Å². The molecule has 0 aliphatic carbocycles. The van der Waals surface area contributed by atoms with Crippen LogP contribution in [0.4, 0.5) is 5.69 Å². The van der Waals surface area contributed by atoms with Crippen LogP contribution in [0.1, 0.15) is 17.5 Å². The summed E-state index contributed by atoms with van der Waals surface area (Å²) in [5, 5.41) is 14.4. The Kier molecular flexibility index (Phi) is 6.39. The van der Waals surface area contributed by atoms with Crippen molar-refractivity contribution in [2.45, 2.75) is 35.0 Å². The first-order valence-electron chi connectivity index (χ1n) is 9.03. The van der Waals surface area contributed by atoms with E-state index < -0.39 is 14.9 Å². The number of hydrogen-bond donors (Lipinski definition) is 1. The molecule has 150 valence electrons. The number of sulfonamides is 1. The van der Waals surface area contributed by atoms with Gasteiger partial charge in [-0.2, -0.15) is 4.31 Å². The normalized spacial score (nSPS) is 15.9. The number of nitro benzene ring substituents is 1. The first-order chi connectivity index (χ1) is 13.3. The Hall–Kier alpha value is -1.94. The van der Waals surface area contributed by atoms with Gasteiger partial charge >= 0.3 is 0 Å². The van der Waals surface area contributed by atoms with Crippen LogP contribution < -0.4 is 5.32 Å². The lowest BCUT2D eigenvalue weighted by molar-refractivity contribution is -0.385. The third-order valence-corrected chi connectivity index (χ3v) is 7.92. The van der Waals surface area contributed by atoms with E-state index in [0.717, 1.165) is 22.6 Å². The van der Waals surface area contributed by atoms with Gasteiger partial charge in [-0.05, 0) is 50.1 Å². The fourth-order valence-electron chi connectivity index (χ4n) is 3.03. The maximum Gasteiger partial charge on any atom is 0.270 e. The van der Waals surface area contributed by atoms with Crippen molar-refractivity contribution >= 4 is 27.5 Å². The Bertz CT molecular complexity index is 985. The van der Waals surface area contributed by atoms with Crippen molar-refractivity contribution in [3.05, 3.63) is 57.6 Å². The molecule has 7 nitrogen and oxygen atoms in total. The largest absolute Gasteiger partial charge is 0.315 e. The van der Waals surface area contributed by atoms with E-state index in [4.69, 9.17) is 0 Å². The van der Waals surface area contributed by atoms with Crippen LogP contribution in [-0.2, 0) is 10.0 Å². The lowest BCUT2D eigenvalue weighted by Crippen LogP contribution is -2.34. The highest BCUT2D eigenvalue weighted by atomic mass is 32.2. The summed E-state index contributed by atoms with van der Waals surface area (Å²) in [7, 11) is -3.85. The van der Waals surface area contributed by atoms with Crippen LogP contribution in [0.15, 0.2) is 51.1 Å². The summed E-state index contributed by atoms with van der Waals surface area (Å²) in [5.41, 5.74) is 1.87. The number of aryl methyl sites for hydroxylation is 2. The average Bonchev–Trinajstić information content (AvgIpc) is 2.95. The highest BCUT2D eigenvalue weighted by molar-refractivity contribution is 8.00. The smallest absolute Gasteiger partial charge is 0.270 e. The van der Waals surface area contributed by atoms with Crippen molar-refractivity contribution in [3.63, 3.8) is 0 Å². The van der Waals surface area contributed by atoms with E-state index in [1.54, 1.807) is 0 Å². The minimum Gasteiger partial charge on any atom is -0.315 e. The third-order valence-electron chi connectivity index (χ3n) is 4.62. The molecule has 1 fully saturated rings. The molecule has 3 rings (SSSR count). The van der Waals surface area contributed by atoms with Crippen LogP contribution >= 0.6 is 11.8 Å². The molecule has 0 saturated carbocycles. The van der Waals surface area contributed by atoms with Crippen LogP contribution in [-0.4, -0.2) is 43.8 Å². The first kappa shape index (κ1) is 20.8. The van der Waals surface area contributed by atoms with Crippen LogP contribution in [0, 0.1) is 24.0 Å². The molecule has 1 saturated heterocycles. The second-order valence-electron chi connectivity index (χ2n) is 6.77. The molecule has 0 amide bonds. The van der Waals surface area contributed by atoms with Crippen molar-refractivity contribution in [1.29, 1.82) is 0 Å². The fraction of sp³-hybridized carbons (Fsp3) is 0.368. The third kappa shape index (κ3) is 4.54. The predicted octanol–water partition coefficient (Wildman–Crippen LogP) is 3.35. The second-order valence-corrected chi connectivity index (χ2v) is 9.76. The number of nitrogens with one attached hydrogen (secondary N) is 1. The predicted molar refractivity (Wildman–Crippen MR) is 109 cm³/mol. The van der Waals surface area contributed by atoms with Gasteiger partial charge in [0.1, 0.15) is 4.90 Å². The molecule has 9 heteroatoms. The zero-order valence-corrected chi connectivity index (χ0v) is 17.5. The lowest BCUT2D eigenvalue weighted by atomic mass is 10.2. The van der Waals surface area contributed by atoms with Crippen LogP contribution in [0.5, 0.6) is 0 Å². The minimum atomic E-state index is -3.85. The van der Waals surface area contributed by atoms with E-state index in [1.165, 1.54) is 34.3 Å². The Morgan fingerprint density at radius 2 is 1.86 bits per heavy atom. The molecular formula is C19H23N3O4S2. The zero-order chi connectivity index (χ0) is 20.3. The van der Waals surface area contributed by atoms with Gasteiger partial charge in [-0.1, -0.05) is 23.9 Å². The quantitative estimate of drug-likeness (QED) is 0.588. The maximum absolute atomic E-state index is 13.3. The van der Waals surface area contributed by atoms with Crippen molar-refractivity contribution in [3.8, 4) is 0 Å². The van der Waals surface area contributed by atoms with Gasteiger partial charge in [0.2, 0.25) is 10.0 Å². The molecule has 0 spiro atoms. The van der Waals surface area contributed by atoms with Gasteiger partial charge in [-0.3, -0.25) is 10.1 Å². The van der Waals surface area contributed by atoms with Gasteiger partial charge in [0, 0.05) is 41.6 Å². The average molecular weight is 422 g/mol. The summed E-state index contributed by atoms with van der Waals surface area (Å²) < 4.78 is 28.1. The number of hydrogen-bond acceptors (Lipinski definition) is 6. The molecular weight excluding hydrogens is 398 g/mol. The molecule has 1 aliphatic heterocycles. The summed E-state index contributed by atoms with van der Waals surface area (Å²) in [6.07, 6.45) is 0.702. The Balaban J connectivity index is 2.07. The van der Waals surface area contributed by atoms with Crippen LogP contribution in [0.2, 0.25) is 0 Å². The zero-order valence-electron chi connectivity index (χ0n) is 15.8. The van der Waals surface area contributed by atoms with Gasteiger partial charge in [-0.15, -0.1) is 0 Å². The fourth-order valence-corrected chi connectivity index (χ4v) is 6.05. The SMILES string of the molecule is Cc1ccc(C)c(Sc2ccc([N+](=O)[O-])cc2S(=O)(=O)N2CCCNCC2)c1. The lowest BCUT2D eigenvalue weighted by Gasteiger charge is -2.21. The van der Waals surface area contributed by atoms with Gasteiger partial charge in [-0.25, -0.2) is 8.42 Å². The summed E-state index contributed by atoms with van der Waals surface area (Å²) in [4.78, 5) is 12.1. The summed E-state index contributed by atoms with van der Waals surface area (Å²) in [6, 6.07) is 10.0. The molecule has 1 N–H and O–H groups in total. The van der Waals surface area contributed by atoms with E-state index in [0.29, 0.717) is 31.0 Å². The van der Waals surface area contributed by atoms with Crippen molar-refractivity contribution < 1.29 is 13.3 Å². The van der Waals surface area contributed by atoms with E-state index in [2.05, 4.69) is 5.32 Å². The summed E-state index contributed by atoms with van der Waals surface area (Å²) in [6.45, 7) is 5.99. The number of rotatable bonds is 5. The molecule has 1 heterocycles. The topological polar surface area (TPSA) is 92.5 Å². The standard InChI is InChI=1S/C19H23N3O4S2/c1-14-4-5-15(2)18(12-14)27-17-7-6-16(22(23)24)13-19(17)28(25,26)21-10-3-8-20-9-11-21/h4-7,12-13,20H,3,8-11H2,1-2H3. The van der Waals surface area contributed by atoms with Crippen molar-refractivity contribution in [2.24, 2.45) is 0 Å². The number of nitrogens with zero attached hydrogens (tertiary/aromatic N) is 2. The van der Waals surface area contributed by atoms with Gasteiger partial charge in [0.05, 0.1) is 4.92 Å². The van der Waals surface area contributed by atoms with Gasteiger partial charge in [0.25, 0.3) is 5.69 Å². The minimum absolute atomic E-state index is 0.00509. The highest BCUT2D eigenvalue weighted by Crippen LogP contribution is 2.38. The Labute approximate surface area is 169 Å². The van der Waals surface area contributed by atoms with E-state index in [1.807, 2.05) is 32.0 Å². The number of nitro groups is 1. The molecule has 0 atom stereocenters. The Morgan fingerprint density at radius 3 is 2.61 bits per heavy atom.